The van der Waals surface area contributed by atoms with Crippen LogP contribution in [0.4, 0.5) is 5.69 Å². The summed E-state index contributed by atoms with van der Waals surface area (Å²) in [5.74, 6) is -0.449. The first-order valence-corrected chi connectivity index (χ1v) is 19.5. The summed E-state index contributed by atoms with van der Waals surface area (Å²) in [6, 6.07) is 11.2. The van der Waals surface area contributed by atoms with Gasteiger partial charge in [-0.3, -0.25) is 9.59 Å². The Labute approximate surface area is 299 Å². The molecule has 2 amide bonds. The van der Waals surface area contributed by atoms with Crippen LogP contribution in [0.1, 0.15) is 61.6 Å². The number of anilines is 1. The lowest BCUT2D eigenvalue weighted by Crippen LogP contribution is -2.55. The smallest absolute Gasteiger partial charge is 0.303 e. The van der Waals surface area contributed by atoms with E-state index in [4.69, 9.17) is 21.1 Å². The summed E-state index contributed by atoms with van der Waals surface area (Å²) in [4.78, 5) is 31.4. The topological polar surface area (TPSA) is 129 Å². The molecule has 270 valence electrons. The minimum absolute atomic E-state index is 0.0645. The fourth-order valence-corrected chi connectivity index (χ4v) is 9.85. The van der Waals surface area contributed by atoms with Crippen LogP contribution in [-0.2, 0) is 42.0 Å². The van der Waals surface area contributed by atoms with E-state index in [1.54, 1.807) is 32.4 Å². The van der Waals surface area contributed by atoms with Gasteiger partial charge in [-0.15, -0.1) is 0 Å². The Bertz CT molecular complexity index is 1780. The quantitative estimate of drug-likeness (QED) is 0.454. The summed E-state index contributed by atoms with van der Waals surface area (Å²) < 4.78 is 42.0. The molecule has 2 fully saturated rings. The number of hydrogen-bond donors (Lipinski definition) is 2. The predicted molar refractivity (Wildman–Crippen MR) is 190 cm³/mol. The molecule has 2 bridgehead atoms. The van der Waals surface area contributed by atoms with Crippen molar-refractivity contribution in [1.82, 2.24) is 13.9 Å². The monoisotopic (exact) mass is 726 g/mol. The van der Waals surface area contributed by atoms with E-state index in [1.807, 2.05) is 12.1 Å². The molecule has 7 rings (SSSR count). The summed E-state index contributed by atoms with van der Waals surface area (Å²) in [6.45, 7) is 2.67. The van der Waals surface area contributed by atoms with Crippen LogP contribution in [0, 0.1) is 11.8 Å². The zero-order valence-electron chi connectivity index (χ0n) is 28.8. The second-order valence-corrected chi connectivity index (χ2v) is 16.9. The molecule has 2 N–H and O–H groups in total. The number of nitrogens with zero attached hydrogens (tertiary/aromatic N) is 3. The normalized spacial score (nSPS) is 31.0. The van der Waals surface area contributed by atoms with Gasteiger partial charge in [-0.25, -0.2) is 4.72 Å². The lowest BCUT2D eigenvalue weighted by molar-refractivity contribution is -0.148. The summed E-state index contributed by atoms with van der Waals surface area (Å²) in [7, 11) is -0.843. The number of halogens is 1. The van der Waals surface area contributed by atoms with Crippen molar-refractivity contribution in [2.75, 3.05) is 58.4 Å². The molecule has 11 nitrogen and oxygen atoms in total. The highest BCUT2D eigenvalue weighted by atomic mass is 35.5. The standard InChI is InChI=1S/C37H47ClN4O7S/c1-40-16-4-3-8-32(48-2)29-12-9-26(29)22-41-23-36(15-5-7-25-19-28(38)11-13-30(25)36)24-49-33-14-10-27(20-31(33)41)37(45,21-34(40)43)35(44)39-50(46,47)42-17-6-18-42/h3,8,10-11,13-14,19-20,26,29,32,45H,4-7,9,12,15-18,21-24H2,1-2H3,(H,39,44)/b8-3+/t26-,29+,32-,36-,37+/m0/s1. The van der Waals surface area contributed by atoms with Gasteiger partial charge in [0.2, 0.25) is 5.91 Å². The van der Waals surface area contributed by atoms with Crippen molar-refractivity contribution in [2.24, 2.45) is 11.8 Å². The van der Waals surface area contributed by atoms with Crippen molar-refractivity contribution in [3.63, 3.8) is 0 Å². The van der Waals surface area contributed by atoms with E-state index in [2.05, 4.69) is 27.8 Å². The van der Waals surface area contributed by atoms with Gasteiger partial charge < -0.3 is 24.4 Å². The number of methoxy groups -OCH3 is 1. The molecule has 1 saturated carbocycles. The highest BCUT2D eigenvalue weighted by molar-refractivity contribution is 7.87. The zero-order valence-corrected chi connectivity index (χ0v) is 30.3. The number of carbonyl (C=O) groups excluding carboxylic acids is 2. The van der Waals surface area contributed by atoms with Crippen molar-refractivity contribution < 1.29 is 32.6 Å². The molecular weight excluding hydrogens is 680 g/mol. The molecular formula is C37H47ClN4O7S. The van der Waals surface area contributed by atoms with Gasteiger partial charge in [0.1, 0.15) is 5.75 Å². The third-order valence-corrected chi connectivity index (χ3v) is 13.4. The molecule has 0 aromatic heterocycles. The van der Waals surface area contributed by atoms with E-state index < -0.39 is 34.0 Å². The third-order valence-electron chi connectivity index (χ3n) is 11.7. The average molecular weight is 727 g/mol. The van der Waals surface area contributed by atoms with Gasteiger partial charge in [-0.1, -0.05) is 35.9 Å². The molecule has 3 aliphatic heterocycles. The van der Waals surface area contributed by atoms with Crippen LogP contribution in [-0.4, -0.2) is 94.1 Å². The number of fused-ring (bicyclic) bond motifs is 4. The Kier molecular flexibility index (Phi) is 9.70. The minimum Gasteiger partial charge on any atom is -0.490 e. The van der Waals surface area contributed by atoms with Gasteiger partial charge in [0, 0.05) is 57.3 Å². The molecule has 5 atom stereocenters. The predicted octanol–water partition coefficient (Wildman–Crippen LogP) is 3.92. The van der Waals surface area contributed by atoms with Gasteiger partial charge in [0.25, 0.3) is 5.91 Å². The van der Waals surface area contributed by atoms with E-state index in [9.17, 15) is 23.1 Å². The summed E-state index contributed by atoms with van der Waals surface area (Å²) in [5, 5.41) is 13.0. The molecule has 0 radical (unpaired) electrons. The van der Waals surface area contributed by atoms with Crippen molar-refractivity contribution in [3.05, 3.63) is 70.3 Å². The highest BCUT2D eigenvalue weighted by Crippen LogP contribution is 2.48. The Morgan fingerprint density at radius 2 is 1.94 bits per heavy atom. The number of aliphatic hydroxyl groups is 1. The van der Waals surface area contributed by atoms with Crippen LogP contribution >= 0.6 is 11.6 Å². The second kappa shape index (κ2) is 13.8. The van der Waals surface area contributed by atoms with Gasteiger partial charge in [-0.05, 0) is 97.7 Å². The van der Waals surface area contributed by atoms with E-state index in [-0.39, 0.29) is 30.2 Å². The van der Waals surface area contributed by atoms with Gasteiger partial charge >= 0.3 is 10.2 Å². The van der Waals surface area contributed by atoms with Crippen molar-refractivity contribution in [2.45, 2.75) is 68.5 Å². The highest BCUT2D eigenvalue weighted by Gasteiger charge is 2.47. The SMILES string of the molecule is CO[C@H]1/C=C/CCN(C)C(=O)C[C@](O)(C(=O)NS(=O)(=O)N2CCC2)c2ccc3c(c2)N(C[C@@H]2CC[C@H]21)C[C@@]1(CCCc2cc(Cl)ccc21)CO3. The van der Waals surface area contributed by atoms with E-state index in [0.29, 0.717) is 67.4 Å². The summed E-state index contributed by atoms with van der Waals surface area (Å²) >= 11 is 6.45. The molecule has 5 aliphatic rings. The maximum atomic E-state index is 14.0. The Morgan fingerprint density at radius 3 is 2.66 bits per heavy atom. The van der Waals surface area contributed by atoms with Crippen LogP contribution in [0.3, 0.4) is 0 Å². The largest absolute Gasteiger partial charge is 0.490 e. The number of amides is 2. The van der Waals surface area contributed by atoms with Crippen LogP contribution in [0.15, 0.2) is 48.6 Å². The number of aryl methyl sites for hydroxylation is 1. The first-order chi connectivity index (χ1) is 23.9. The second-order valence-electron chi connectivity index (χ2n) is 14.7. The molecule has 1 spiro atoms. The molecule has 2 aromatic rings. The maximum Gasteiger partial charge on any atom is 0.303 e. The molecule has 2 aromatic carbocycles. The van der Waals surface area contributed by atoms with E-state index >= 15 is 0 Å². The first kappa shape index (κ1) is 35.3. The molecule has 3 heterocycles. The molecule has 1 saturated heterocycles. The molecule has 2 aliphatic carbocycles. The van der Waals surface area contributed by atoms with Gasteiger partial charge in [0.05, 0.1) is 24.8 Å². The number of rotatable bonds is 4. The summed E-state index contributed by atoms with van der Waals surface area (Å²) in [5.41, 5.74) is 0.445. The van der Waals surface area contributed by atoms with Crippen LogP contribution in [0.5, 0.6) is 5.75 Å². The van der Waals surface area contributed by atoms with E-state index in [0.717, 1.165) is 36.4 Å². The number of nitrogens with one attached hydrogen (secondary N) is 1. The fraction of sp³-hybridized carbons (Fsp3) is 0.568. The van der Waals surface area contributed by atoms with Crippen molar-refractivity contribution in [1.29, 1.82) is 0 Å². The van der Waals surface area contributed by atoms with E-state index in [1.165, 1.54) is 16.0 Å². The minimum atomic E-state index is -4.20. The lowest BCUT2D eigenvalue weighted by atomic mass is 9.68. The number of carbonyl (C=O) groups is 2. The fourth-order valence-electron chi connectivity index (χ4n) is 8.39. The Hall–Kier alpha value is -3.16. The third kappa shape index (κ3) is 6.53. The van der Waals surface area contributed by atoms with Crippen LogP contribution in [0.25, 0.3) is 0 Å². The molecule has 0 unspecified atom stereocenters. The van der Waals surface area contributed by atoms with Gasteiger partial charge in [-0.2, -0.15) is 12.7 Å². The number of hydrogen-bond acceptors (Lipinski definition) is 8. The average Bonchev–Trinajstić information content (AvgIpc) is 3.19. The maximum absolute atomic E-state index is 14.0. The Balaban J connectivity index is 1.33. The number of ether oxygens (including phenoxy) is 2. The van der Waals surface area contributed by atoms with Crippen LogP contribution in [0.2, 0.25) is 5.02 Å². The number of benzene rings is 2. The zero-order chi connectivity index (χ0) is 35.3. The Morgan fingerprint density at radius 1 is 1.12 bits per heavy atom. The van der Waals surface area contributed by atoms with Gasteiger partial charge in [0.15, 0.2) is 5.60 Å². The summed E-state index contributed by atoms with van der Waals surface area (Å²) in [6.07, 6.45) is 9.54. The van der Waals surface area contributed by atoms with Crippen molar-refractivity contribution >= 4 is 39.3 Å². The first-order valence-electron chi connectivity index (χ1n) is 17.7. The molecule has 13 heteroatoms. The lowest BCUT2D eigenvalue weighted by Gasteiger charge is -2.46. The van der Waals surface area contributed by atoms with Crippen molar-refractivity contribution in [3.8, 4) is 5.75 Å². The van der Waals surface area contributed by atoms with Crippen LogP contribution < -0.4 is 14.4 Å². The molecule has 50 heavy (non-hydrogen) atoms.